The molecule has 0 bridgehead atoms. The summed E-state index contributed by atoms with van der Waals surface area (Å²) >= 11 is 3.07. The highest BCUT2D eigenvalue weighted by Crippen LogP contribution is 2.16. The van der Waals surface area contributed by atoms with Gasteiger partial charge in [0.1, 0.15) is 5.82 Å². The molecule has 2 N–H and O–H groups in total. The lowest BCUT2D eigenvalue weighted by Crippen LogP contribution is -2.26. The lowest BCUT2D eigenvalue weighted by atomic mass is 10.2. The highest BCUT2D eigenvalue weighted by molar-refractivity contribution is 7.99. The van der Waals surface area contributed by atoms with Crippen molar-refractivity contribution in [3.63, 3.8) is 0 Å². The zero-order chi connectivity index (χ0) is 15.6. The number of nitrogens with one attached hydrogen (secondary N) is 2. The Morgan fingerprint density at radius 2 is 2.32 bits per heavy atom. The molecular weight excluding hydrogens is 316 g/mol. The van der Waals surface area contributed by atoms with Crippen LogP contribution < -0.4 is 5.32 Å². The molecule has 0 atom stereocenters. The summed E-state index contributed by atoms with van der Waals surface area (Å²) in [6, 6.07) is 4.10. The molecule has 0 radical (unpaired) electrons. The largest absolute Gasteiger partial charge is 0.355 e. The number of hydrogen-bond donors (Lipinski definition) is 2. The predicted octanol–water partition coefficient (Wildman–Crippen LogP) is 3.25. The van der Waals surface area contributed by atoms with Crippen molar-refractivity contribution in [1.82, 2.24) is 20.5 Å². The van der Waals surface area contributed by atoms with Crippen molar-refractivity contribution in [2.75, 3.05) is 12.3 Å². The van der Waals surface area contributed by atoms with Crippen molar-refractivity contribution < 1.29 is 4.79 Å². The maximum Gasteiger partial charge on any atom is 0.230 e. The van der Waals surface area contributed by atoms with Gasteiger partial charge in [-0.25, -0.2) is 4.98 Å². The molecule has 0 saturated carbocycles. The molecule has 120 valence electrons. The Hall–Kier alpha value is -1.34. The molecule has 22 heavy (non-hydrogen) atoms. The van der Waals surface area contributed by atoms with Gasteiger partial charge in [0.2, 0.25) is 11.1 Å². The number of rotatable bonds is 10. The van der Waals surface area contributed by atoms with Gasteiger partial charge < -0.3 is 5.32 Å². The first-order valence-electron chi connectivity index (χ1n) is 7.61. The fourth-order valence-electron chi connectivity index (χ4n) is 1.96. The van der Waals surface area contributed by atoms with Crippen LogP contribution in [0, 0.1) is 0 Å². The maximum atomic E-state index is 11.7. The quantitative estimate of drug-likeness (QED) is 0.515. The van der Waals surface area contributed by atoms with Crippen LogP contribution in [-0.2, 0) is 11.2 Å². The van der Waals surface area contributed by atoms with Crippen LogP contribution in [0.5, 0.6) is 0 Å². The van der Waals surface area contributed by atoms with Gasteiger partial charge in [-0.15, -0.1) is 16.4 Å². The highest BCUT2D eigenvalue weighted by atomic mass is 32.2. The van der Waals surface area contributed by atoms with E-state index in [-0.39, 0.29) is 5.91 Å². The van der Waals surface area contributed by atoms with Crippen LogP contribution in [0.3, 0.4) is 0 Å². The minimum absolute atomic E-state index is 0.0473. The second-order valence-electron chi connectivity index (χ2n) is 5.02. The predicted molar refractivity (Wildman–Crippen MR) is 91.4 cm³/mol. The van der Waals surface area contributed by atoms with E-state index in [9.17, 15) is 4.79 Å². The van der Waals surface area contributed by atoms with Crippen LogP contribution in [0.2, 0.25) is 0 Å². The first kappa shape index (κ1) is 17.0. The first-order chi connectivity index (χ1) is 10.8. The van der Waals surface area contributed by atoms with Crippen molar-refractivity contribution >= 4 is 29.0 Å². The van der Waals surface area contributed by atoms with E-state index < -0.39 is 0 Å². The summed E-state index contributed by atoms with van der Waals surface area (Å²) < 4.78 is 0. The second kappa shape index (κ2) is 9.63. The molecule has 7 heteroatoms. The van der Waals surface area contributed by atoms with Crippen molar-refractivity contribution in [3.05, 3.63) is 28.2 Å². The van der Waals surface area contributed by atoms with Gasteiger partial charge in [0.25, 0.3) is 0 Å². The smallest absolute Gasteiger partial charge is 0.230 e. The van der Waals surface area contributed by atoms with Crippen molar-refractivity contribution in [2.24, 2.45) is 0 Å². The van der Waals surface area contributed by atoms with Crippen molar-refractivity contribution in [2.45, 2.75) is 44.2 Å². The molecule has 0 saturated heterocycles. The Morgan fingerprint density at radius 1 is 1.41 bits per heavy atom. The van der Waals surface area contributed by atoms with E-state index in [0.29, 0.717) is 10.9 Å². The van der Waals surface area contributed by atoms with E-state index >= 15 is 0 Å². The third-order valence-corrected chi connectivity index (χ3v) is 4.84. The molecule has 0 unspecified atom stereocenters. The van der Waals surface area contributed by atoms with Crippen LogP contribution in [0.25, 0.3) is 0 Å². The number of H-pyrrole nitrogens is 1. The average Bonchev–Trinajstić information content (AvgIpc) is 3.17. The van der Waals surface area contributed by atoms with E-state index in [0.717, 1.165) is 25.2 Å². The van der Waals surface area contributed by atoms with Crippen LogP contribution in [0.1, 0.15) is 43.3 Å². The summed E-state index contributed by atoms with van der Waals surface area (Å²) in [6.45, 7) is 2.94. The molecule has 2 heterocycles. The standard InChI is InChI=1S/C15H22N4OS2/c1-2-3-4-5-8-16-14(20)11-22-15-17-13(18-19-15)10-12-7-6-9-21-12/h6-7,9H,2-5,8,10-11H2,1H3,(H,16,20)(H,17,18,19). The molecule has 0 aliphatic heterocycles. The summed E-state index contributed by atoms with van der Waals surface area (Å²) in [7, 11) is 0. The van der Waals surface area contributed by atoms with E-state index in [2.05, 4.69) is 33.5 Å². The zero-order valence-corrected chi connectivity index (χ0v) is 14.4. The topological polar surface area (TPSA) is 70.7 Å². The fourth-order valence-corrected chi connectivity index (χ4v) is 3.32. The number of nitrogens with zero attached hydrogens (tertiary/aromatic N) is 2. The Balaban J connectivity index is 1.64. The molecule has 2 aromatic heterocycles. The maximum absolute atomic E-state index is 11.7. The number of thioether (sulfide) groups is 1. The van der Waals surface area contributed by atoms with Crippen molar-refractivity contribution in [1.29, 1.82) is 0 Å². The SMILES string of the molecule is CCCCCCNC(=O)CSc1n[nH]c(Cc2cccs2)n1. The van der Waals surface area contributed by atoms with Gasteiger partial charge in [0.15, 0.2) is 0 Å². The second-order valence-corrected chi connectivity index (χ2v) is 6.99. The molecule has 2 rings (SSSR count). The number of aromatic nitrogens is 3. The van der Waals surface area contributed by atoms with E-state index in [1.54, 1.807) is 11.3 Å². The Labute approximate surface area is 139 Å². The van der Waals surface area contributed by atoms with Gasteiger partial charge in [-0.2, -0.15) is 0 Å². The fraction of sp³-hybridized carbons (Fsp3) is 0.533. The van der Waals surface area contributed by atoms with Crippen LogP contribution >= 0.6 is 23.1 Å². The summed E-state index contributed by atoms with van der Waals surface area (Å²) in [5.74, 6) is 1.25. The molecule has 0 aliphatic carbocycles. The Kier molecular flexibility index (Phi) is 7.45. The summed E-state index contributed by atoms with van der Waals surface area (Å²) in [5, 5.41) is 12.7. The summed E-state index contributed by atoms with van der Waals surface area (Å²) in [5.41, 5.74) is 0. The van der Waals surface area contributed by atoms with Gasteiger partial charge in [-0.05, 0) is 17.9 Å². The Morgan fingerprint density at radius 3 is 3.09 bits per heavy atom. The van der Waals surface area contributed by atoms with Gasteiger partial charge in [-0.3, -0.25) is 9.89 Å². The summed E-state index contributed by atoms with van der Waals surface area (Å²) in [6.07, 6.45) is 5.43. The molecule has 0 aliphatic rings. The van der Waals surface area contributed by atoms with E-state index in [4.69, 9.17) is 0 Å². The monoisotopic (exact) mass is 338 g/mol. The van der Waals surface area contributed by atoms with Crippen LogP contribution in [0.4, 0.5) is 0 Å². The zero-order valence-electron chi connectivity index (χ0n) is 12.8. The van der Waals surface area contributed by atoms with Crippen molar-refractivity contribution in [3.8, 4) is 0 Å². The lowest BCUT2D eigenvalue weighted by molar-refractivity contribution is -0.118. The molecule has 0 fully saturated rings. The lowest BCUT2D eigenvalue weighted by Gasteiger charge is -2.03. The number of hydrogen-bond acceptors (Lipinski definition) is 5. The highest BCUT2D eigenvalue weighted by Gasteiger charge is 2.08. The minimum atomic E-state index is 0.0473. The minimum Gasteiger partial charge on any atom is -0.355 e. The van der Waals surface area contributed by atoms with Gasteiger partial charge >= 0.3 is 0 Å². The number of unbranched alkanes of at least 4 members (excludes halogenated alkanes) is 3. The number of carbonyl (C=O) groups is 1. The van der Waals surface area contributed by atoms with Gasteiger partial charge in [0, 0.05) is 17.8 Å². The van der Waals surface area contributed by atoms with Gasteiger partial charge in [0.05, 0.1) is 5.75 Å². The number of amides is 1. The van der Waals surface area contributed by atoms with E-state index in [1.807, 2.05) is 11.4 Å². The molecule has 2 aromatic rings. The third kappa shape index (κ3) is 6.19. The normalized spacial score (nSPS) is 10.8. The number of aromatic amines is 1. The van der Waals surface area contributed by atoms with Crippen LogP contribution in [-0.4, -0.2) is 33.4 Å². The number of carbonyl (C=O) groups excluding carboxylic acids is 1. The average molecular weight is 339 g/mol. The first-order valence-corrected chi connectivity index (χ1v) is 9.47. The Bertz CT molecular complexity index is 554. The molecular formula is C15H22N4OS2. The summed E-state index contributed by atoms with van der Waals surface area (Å²) in [4.78, 5) is 17.4. The molecule has 0 spiro atoms. The van der Waals surface area contributed by atoms with Crippen LogP contribution in [0.15, 0.2) is 22.7 Å². The molecule has 5 nitrogen and oxygen atoms in total. The molecule has 0 aromatic carbocycles. The number of thiophene rings is 1. The van der Waals surface area contributed by atoms with Gasteiger partial charge in [-0.1, -0.05) is 44.0 Å². The van der Waals surface area contributed by atoms with E-state index in [1.165, 1.54) is 35.9 Å². The molecule has 1 amide bonds. The third-order valence-electron chi connectivity index (χ3n) is 3.12.